The molecule has 7 nitrogen and oxygen atoms in total. The van der Waals surface area contributed by atoms with Crippen molar-refractivity contribution in [1.82, 2.24) is 19.8 Å². The first-order chi connectivity index (χ1) is 13.7. The van der Waals surface area contributed by atoms with Gasteiger partial charge in [0.05, 0.1) is 43.7 Å². The van der Waals surface area contributed by atoms with Crippen molar-refractivity contribution in [2.24, 2.45) is 0 Å². The average molecular weight is 386 g/mol. The SMILES string of the molecule is O=C(c1cncc(F)c1)N1CCO[C@@H](CN2CCOCC2)[C@@H]1c1cccnc1. The zero-order chi connectivity index (χ0) is 19.3. The fourth-order valence-electron chi connectivity index (χ4n) is 3.79. The van der Waals surface area contributed by atoms with E-state index < -0.39 is 5.82 Å². The Labute approximate surface area is 163 Å². The number of amides is 1. The predicted molar refractivity (Wildman–Crippen MR) is 99.2 cm³/mol. The number of pyridine rings is 2. The van der Waals surface area contributed by atoms with Crippen LogP contribution in [0.4, 0.5) is 4.39 Å². The maximum atomic E-state index is 13.6. The van der Waals surface area contributed by atoms with E-state index in [0.717, 1.165) is 24.8 Å². The summed E-state index contributed by atoms with van der Waals surface area (Å²) in [7, 11) is 0. The summed E-state index contributed by atoms with van der Waals surface area (Å²) in [4.78, 5) is 25.3. The van der Waals surface area contributed by atoms with E-state index in [1.165, 1.54) is 12.3 Å². The maximum absolute atomic E-state index is 13.6. The zero-order valence-electron chi connectivity index (χ0n) is 15.5. The smallest absolute Gasteiger partial charge is 0.256 e. The number of ether oxygens (including phenoxy) is 2. The highest BCUT2D eigenvalue weighted by atomic mass is 19.1. The van der Waals surface area contributed by atoms with E-state index in [9.17, 15) is 9.18 Å². The van der Waals surface area contributed by atoms with Gasteiger partial charge in [0, 0.05) is 44.8 Å². The largest absolute Gasteiger partial charge is 0.379 e. The van der Waals surface area contributed by atoms with Crippen LogP contribution in [-0.2, 0) is 9.47 Å². The molecule has 2 atom stereocenters. The van der Waals surface area contributed by atoms with Gasteiger partial charge in [0.15, 0.2) is 0 Å². The van der Waals surface area contributed by atoms with Gasteiger partial charge in [-0.3, -0.25) is 19.7 Å². The first-order valence-electron chi connectivity index (χ1n) is 9.45. The number of hydrogen-bond acceptors (Lipinski definition) is 6. The standard InChI is InChI=1S/C20H23FN4O3/c21-17-10-16(12-23-13-17)20(26)25-6-9-28-18(14-24-4-7-27-8-5-24)19(25)15-2-1-3-22-11-15/h1-3,10-13,18-19H,4-9,14H2/t18-,19-/m0/s1. The molecule has 0 spiro atoms. The fraction of sp³-hybridized carbons (Fsp3) is 0.450. The first-order valence-corrected chi connectivity index (χ1v) is 9.45. The van der Waals surface area contributed by atoms with Gasteiger partial charge in [0.2, 0.25) is 0 Å². The molecule has 0 aliphatic carbocycles. The molecule has 0 radical (unpaired) electrons. The molecule has 0 aromatic carbocycles. The number of carbonyl (C=O) groups is 1. The monoisotopic (exact) mass is 386 g/mol. The first kappa shape index (κ1) is 18.9. The number of nitrogens with zero attached hydrogens (tertiary/aromatic N) is 4. The number of carbonyl (C=O) groups excluding carboxylic acids is 1. The molecule has 28 heavy (non-hydrogen) atoms. The second-order valence-corrected chi connectivity index (χ2v) is 6.94. The van der Waals surface area contributed by atoms with E-state index in [-0.39, 0.29) is 23.6 Å². The molecule has 2 aliphatic heterocycles. The van der Waals surface area contributed by atoms with Crippen LogP contribution in [-0.4, -0.2) is 77.8 Å². The summed E-state index contributed by atoms with van der Waals surface area (Å²) in [5.41, 5.74) is 1.14. The molecule has 148 valence electrons. The molecular weight excluding hydrogens is 363 g/mol. The van der Waals surface area contributed by atoms with Crippen LogP contribution < -0.4 is 0 Å². The molecule has 2 fully saturated rings. The number of hydrogen-bond donors (Lipinski definition) is 0. The summed E-state index contributed by atoms with van der Waals surface area (Å²) in [5, 5.41) is 0. The highest BCUT2D eigenvalue weighted by molar-refractivity contribution is 5.94. The van der Waals surface area contributed by atoms with Crippen molar-refractivity contribution >= 4 is 5.91 Å². The van der Waals surface area contributed by atoms with E-state index in [2.05, 4.69) is 14.9 Å². The van der Waals surface area contributed by atoms with Crippen LogP contribution in [0.3, 0.4) is 0 Å². The molecule has 4 heterocycles. The third kappa shape index (κ3) is 4.19. The van der Waals surface area contributed by atoms with Crippen molar-refractivity contribution in [1.29, 1.82) is 0 Å². The highest BCUT2D eigenvalue weighted by Gasteiger charge is 2.38. The van der Waals surface area contributed by atoms with Gasteiger partial charge < -0.3 is 14.4 Å². The lowest BCUT2D eigenvalue weighted by molar-refractivity contribution is -0.0819. The Morgan fingerprint density at radius 1 is 1.14 bits per heavy atom. The third-order valence-electron chi connectivity index (χ3n) is 5.13. The van der Waals surface area contributed by atoms with Crippen molar-refractivity contribution in [2.75, 3.05) is 46.0 Å². The summed E-state index contributed by atoms with van der Waals surface area (Å²) >= 11 is 0. The Bertz CT molecular complexity index is 801. The van der Waals surface area contributed by atoms with Gasteiger partial charge in [0.1, 0.15) is 5.82 Å². The Balaban J connectivity index is 1.62. The van der Waals surface area contributed by atoms with E-state index in [1.54, 1.807) is 17.3 Å². The lowest BCUT2D eigenvalue weighted by Crippen LogP contribution is -2.53. The van der Waals surface area contributed by atoms with Crippen molar-refractivity contribution in [3.8, 4) is 0 Å². The predicted octanol–water partition coefficient (Wildman–Crippen LogP) is 1.53. The van der Waals surface area contributed by atoms with Crippen molar-refractivity contribution < 1.29 is 18.7 Å². The molecule has 2 aromatic heterocycles. The Kier molecular flexibility index (Phi) is 5.90. The average Bonchev–Trinajstić information content (AvgIpc) is 2.74. The Morgan fingerprint density at radius 3 is 2.75 bits per heavy atom. The minimum absolute atomic E-state index is 0.207. The summed E-state index contributed by atoms with van der Waals surface area (Å²) < 4.78 is 25.1. The van der Waals surface area contributed by atoms with Crippen LogP contribution in [0, 0.1) is 5.82 Å². The van der Waals surface area contributed by atoms with E-state index in [1.807, 2.05) is 12.1 Å². The van der Waals surface area contributed by atoms with Crippen molar-refractivity contribution in [3.63, 3.8) is 0 Å². The van der Waals surface area contributed by atoms with Crippen LogP contribution in [0.15, 0.2) is 43.0 Å². The molecule has 0 N–H and O–H groups in total. The summed E-state index contributed by atoms with van der Waals surface area (Å²) in [5.74, 6) is -0.780. The summed E-state index contributed by atoms with van der Waals surface area (Å²) in [6.45, 7) is 4.61. The molecule has 0 bridgehead atoms. The number of rotatable bonds is 4. The van der Waals surface area contributed by atoms with Crippen LogP contribution in [0.1, 0.15) is 22.0 Å². The number of aromatic nitrogens is 2. The normalized spacial score (nSPS) is 23.5. The van der Waals surface area contributed by atoms with Gasteiger partial charge in [-0.1, -0.05) is 6.07 Å². The maximum Gasteiger partial charge on any atom is 0.256 e. The van der Waals surface area contributed by atoms with Gasteiger partial charge in [-0.25, -0.2) is 4.39 Å². The molecule has 4 rings (SSSR count). The van der Waals surface area contributed by atoms with Gasteiger partial charge in [-0.2, -0.15) is 0 Å². The summed E-state index contributed by atoms with van der Waals surface area (Å²) in [6.07, 6.45) is 5.75. The summed E-state index contributed by atoms with van der Waals surface area (Å²) in [6, 6.07) is 4.72. The van der Waals surface area contributed by atoms with Gasteiger partial charge in [-0.05, 0) is 17.7 Å². The van der Waals surface area contributed by atoms with Crippen LogP contribution >= 0.6 is 0 Å². The fourth-order valence-corrected chi connectivity index (χ4v) is 3.79. The lowest BCUT2D eigenvalue weighted by Gasteiger charge is -2.43. The topological polar surface area (TPSA) is 67.8 Å². The highest BCUT2D eigenvalue weighted by Crippen LogP contribution is 2.31. The van der Waals surface area contributed by atoms with Crippen molar-refractivity contribution in [2.45, 2.75) is 12.1 Å². The van der Waals surface area contributed by atoms with E-state index in [4.69, 9.17) is 9.47 Å². The zero-order valence-corrected chi connectivity index (χ0v) is 15.5. The number of morpholine rings is 2. The quantitative estimate of drug-likeness (QED) is 0.794. The van der Waals surface area contributed by atoms with Gasteiger partial charge >= 0.3 is 0 Å². The molecular formula is C20H23FN4O3. The molecule has 2 saturated heterocycles. The van der Waals surface area contributed by atoms with Gasteiger partial charge in [0.25, 0.3) is 5.91 Å². The van der Waals surface area contributed by atoms with Crippen LogP contribution in [0.25, 0.3) is 0 Å². The van der Waals surface area contributed by atoms with Crippen LogP contribution in [0.5, 0.6) is 0 Å². The minimum Gasteiger partial charge on any atom is -0.379 e. The third-order valence-corrected chi connectivity index (χ3v) is 5.13. The Hall–Kier alpha value is -2.42. The molecule has 8 heteroatoms. The van der Waals surface area contributed by atoms with Crippen LogP contribution in [0.2, 0.25) is 0 Å². The Morgan fingerprint density at radius 2 is 2.00 bits per heavy atom. The molecule has 1 amide bonds. The molecule has 0 unspecified atom stereocenters. The molecule has 0 saturated carbocycles. The van der Waals surface area contributed by atoms with Gasteiger partial charge in [-0.15, -0.1) is 0 Å². The molecule has 2 aliphatic rings. The second kappa shape index (κ2) is 8.72. The second-order valence-electron chi connectivity index (χ2n) is 6.94. The van der Waals surface area contributed by atoms with E-state index in [0.29, 0.717) is 32.9 Å². The molecule has 2 aromatic rings. The number of halogens is 1. The lowest BCUT2D eigenvalue weighted by atomic mass is 9.98. The van der Waals surface area contributed by atoms with E-state index >= 15 is 0 Å². The minimum atomic E-state index is -0.526. The van der Waals surface area contributed by atoms with Crippen molar-refractivity contribution in [3.05, 3.63) is 59.9 Å².